The van der Waals surface area contributed by atoms with E-state index in [1.165, 1.54) is 9.36 Å². The van der Waals surface area contributed by atoms with Crippen LogP contribution in [-0.4, -0.2) is 15.1 Å². The molecule has 5 nitrogen and oxygen atoms in total. The first kappa shape index (κ1) is 18.1. The Morgan fingerprint density at radius 1 is 0.897 bits per heavy atom. The van der Waals surface area contributed by atoms with Gasteiger partial charge in [-0.2, -0.15) is 0 Å². The number of benzene rings is 2. The zero-order valence-corrected chi connectivity index (χ0v) is 16.9. The average Bonchev–Trinajstić information content (AvgIpc) is 3.01. The van der Waals surface area contributed by atoms with Crippen LogP contribution in [0, 0.1) is 5.41 Å². The van der Waals surface area contributed by atoms with Crippen LogP contribution in [0.25, 0.3) is 16.5 Å². The summed E-state index contributed by atoms with van der Waals surface area (Å²) >= 11 is 6.05. The number of hydrogen-bond donors (Lipinski definition) is 0. The van der Waals surface area contributed by atoms with Crippen LogP contribution in [0.2, 0.25) is 5.02 Å². The third kappa shape index (κ3) is 2.57. The highest BCUT2D eigenvalue weighted by Gasteiger charge is 2.44. The predicted molar refractivity (Wildman–Crippen MR) is 113 cm³/mol. The van der Waals surface area contributed by atoms with Crippen molar-refractivity contribution in [1.82, 2.24) is 9.36 Å². The maximum Gasteiger partial charge on any atom is 0.277 e. The fraction of sp³-hybridized carbons (Fsp3) is 0.261. The van der Waals surface area contributed by atoms with E-state index in [4.69, 9.17) is 11.6 Å². The Hall–Kier alpha value is -2.92. The molecule has 0 amide bonds. The van der Waals surface area contributed by atoms with E-state index in [2.05, 4.69) is 0 Å². The molecule has 146 valence electrons. The van der Waals surface area contributed by atoms with Crippen molar-refractivity contribution in [2.75, 3.05) is 0 Å². The van der Waals surface area contributed by atoms with Crippen molar-refractivity contribution < 1.29 is 4.79 Å². The zero-order valence-electron chi connectivity index (χ0n) is 16.1. The SMILES string of the molecule is CC1(C)CC(=O)C2=C(C1)n1c(=O)c3ccccc3c(=O)n1[C@H]2c1ccc(Cl)cc1. The van der Waals surface area contributed by atoms with Crippen molar-refractivity contribution in [1.29, 1.82) is 0 Å². The zero-order chi connectivity index (χ0) is 20.5. The number of halogens is 1. The Kier molecular flexibility index (Phi) is 3.77. The van der Waals surface area contributed by atoms with Gasteiger partial charge < -0.3 is 0 Å². The Balaban J connectivity index is 1.92. The molecule has 0 saturated heterocycles. The molecule has 2 heterocycles. The summed E-state index contributed by atoms with van der Waals surface area (Å²) < 4.78 is 2.90. The van der Waals surface area contributed by atoms with Crippen molar-refractivity contribution in [2.45, 2.75) is 32.7 Å². The number of allylic oxidation sites excluding steroid dienone is 2. The van der Waals surface area contributed by atoms with Crippen molar-refractivity contribution in [3.63, 3.8) is 0 Å². The maximum atomic E-state index is 13.5. The molecule has 5 rings (SSSR count). The third-order valence-electron chi connectivity index (χ3n) is 5.86. The molecule has 1 aliphatic heterocycles. The molecule has 2 aromatic carbocycles. The second-order valence-corrected chi connectivity index (χ2v) is 9.00. The summed E-state index contributed by atoms with van der Waals surface area (Å²) in [4.78, 5) is 40.1. The summed E-state index contributed by atoms with van der Waals surface area (Å²) in [6.45, 7) is 4.03. The average molecular weight is 407 g/mol. The summed E-state index contributed by atoms with van der Waals surface area (Å²) in [7, 11) is 0. The lowest BCUT2D eigenvalue weighted by Crippen LogP contribution is -2.37. The monoisotopic (exact) mass is 406 g/mol. The van der Waals surface area contributed by atoms with Gasteiger partial charge in [0.05, 0.1) is 16.5 Å². The standard InChI is InChI=1S/C23H19ClN2O3/c1-23(2)11-17-19(18(27)12-23)20(13-7-9-14(24)10-8-13)26-22(29)16-6-4-3-5-15(16)21(28)25(17)26/h3-10,20H,11-12H2,1-2H3/t20-/m0/s1. The van der Waals surface area contributed by atoms with Gasteiger partial charge >= 0.3 is 0 Å². The van der Waals surface area contributed by atoms with Crippen LogP contribution in [0.5, 0.6) is 0 Å². The molecular weight excluding hydrogens is 388 g/mol. The lowest BCUT2D eigenvalue weighted by Gasteiger charge is -2.30. The Morgan fingerprint density at radius 2 is 1.52 bits per heavy atom. The van der Waals surface area contributed by atoms with E-state index in [-0.39, 0.29) is 22.3 Å². The van der Waals surface area contributed by atoms with Crippen molar-refractivity contribution in [3.05, 3.63) is 85.4 Å². The lowest BCUT2D eigenvalue weighted by atomic mass is 9.74. The second-order valence-electron chi connectivity index (χ2n) is 8.57. The molecule has 0 unspecified atom stereocenters. The molecule has 6 heteroatoms. The molecule has 0 bridgehead atoms. The summed E-state index contributed by atoms with van der Waals surface area (Å²) in [5, 5.41) is 1.30. The molecule has 29 heavy (non-hydrogen) atoms. The topological polar surface area (TPSA) is 61.1 Å². The normalized spacial score (nSPS) is 20.1. The van der Waals surface area contributed by atoms with Gasteiger partial charge in [0.1, 0.15) is 6.04 Å². The van der Waals surface area contributed by atoms with Gasteiger partial charge in [0, 0.05) is 17.0 Å². The van der Waals surface area contributed by atoms with Crippen LogP contribution < -0.4 is 11.1 Å². The van der Waals surface area contributed by atoms with Crippen LogP contribution in [0.4, 0.5) is 0 Å². The minimum Gasteiger partial charge on any atom is -0.294 e. The van der Waals surface area contributed by atoms with Crippen molar-refractivity contribution in [3.8, 4) is 0 Å². The Labute approximate surface area is 171 Å². The Bertz CT molecular complexity index is 1340. The van der Waals surface area contributed by atoms with E-state index in [1.54, 1.807) is 36.4 Å². The third-order valence-corrected chi connectivity index (χ3v) is 6.11. The minimum absolute atomic E-state index is 0.0183. The van der Waals surface area contributed by atoms with Gasteiger partial charge in [-0.25, -0.2) is 9.36 Å². The van der Waals surface area contributed by atoms with Gasteiger partial charge in [-0.3, -0.25) is 14.4 Å². The van der Waals surface area contributed by atoms with Gasteiger partial charge in [0.25, 0.3) is 11.1 Å². The molecule has 1 aliphatic carbocycles. The molecule has 0 spiro atoms. The maximum absolute atomic E-state index is 13.5. The lowest BCUT2D eigenvalue weighted by molar-refractivity contribution is -0.118. The van der Waals surface area contributed by atoms with Gasteiger partial charge in [-0.05, 0) is 41.7 Å². The van der Waals surface area contributed by atoms with Crippen LogP contribution in [-0.2, 0) is 4.79 Å². The van der Waals surface area contributed by atoms with Gasteiger partial charge in [0.2, 0.25) is 0 Å². The van der Waals surface area contributed by atoms with E-state index in [1.807, 2.05) is 26.0 Å². The molecule has 2 aliphatic rings. The predicted octanol–water partition coefficient (Wildman–Crippen LogP) is 4.02. The van der Waals surface area contributed by atoms with Crippen molar-refractivity contribution >= 4 is 33.9 Å². The largest absolute Gasteiger partial charge is 0.294 e. The molecular formula is C23H19ClN2O3. The van der Waals surface area contributed by atoms with E-state index >= 15 is 0 Å². The van der Waals surface area contributed by atoms with Gasteiger partial charge in [-0.1, -0.05) is 49.7 Å². The van der Waals surface area contributed by atoms with Crippen LogP contribution in [0.3, 0.4) is 0 Å². The molecule has 1 aromatic heterocycles. The smallest absolute Gasteiger partial charge is 0.277 e. The van der Waals surface area contributed by atoms with E-state index in [9.17, 15) is 14.4 Å². The quantitative estimate of drug-likeness (QED) is 0.613. The van der Waals surface area contributed by atoms with E-state index < -0.39 is 6.04 Å². The fourth-order valence-corrected chi connectivity index (χ4v) is 4.77. The number of rotatable bonds is 1. The van der Waals surface area contributed by atoms with E-state index in [0.29, 0.717) is 39.9 Å². The van der Waals surface area contributed by atoms with Crippen LogP contribution in [0.1, 0.15) is 38.3 Å². The number of hydrogen-bond acceptors (Lipinski definition) is 3. The molecule has 0 fully saturated rings. The van der Waals surface area contributed by atoms with Gasteiger partial charge in [0.15, 0.2) is 5.78 Å². The molecule has 0 saturated carbocycles. The minimum atomic E-state index is -0.629. The van der Waals surface area contributed by atoms with Crippen LogP contribution >= 0.6 is 11.6 Å². The number of nitrogens with zero attached hydrogens (tertiary/aromatic N) is 2. The van der Waals surface area contributed by atoms with Crippen LogP contribution in [0.15, 0.2) is 63.7 Å². The number of ketones is 1. The Morgan fingerprint density at radius 3 is 2.17 bits per heavy atom. The van der Waals surface area contributed by atoms with E-state index in [0.717, 1.165) is 5.56 Å². The highest BCUT2D eigenvalue weighted by Crippen LogP contribution is 2.46. The van der Waals surface area contributed by atoms with Crippen molar-refractivity contribution in [2.24, 2.45) is 5.41 Å². The summed E-state index contributed by atoms with van der Waals surface area (Å²) in [6.07, 6.45) is 0.933. The summed E-state index contributed by atoms with van der Waals surface area (Å²) in [5.41, 5.74) is 1.12. The summed E-state index contributed by atoms with van der Waals surface area (Å²) in [6, 6.07) is 13.3. The number of aromatic nitrogens is 2. The number of Topliss-reactive ketones (excluding diaryl/α,β-unsaturated/α-hetero) is 1. The second kappa shape index (κ2) is 6.04. The van der Waals surface area contributed by atoms with Gasteiger partial charge in [-0.15, -0.1) is 0 Å². The highest BCUT2D eigenvalue weighted by molar-refractivity contribution is 6.30. The number of carbonyl (C=O) groups is 1. The molecule has 3 aromatic rings. The summed E-state index contributed by atoms with van der Waals surface area (Å²) in [5.74, 6) is -0.0183. The molecule has 0 N–H and O–H groups in total. The molecule has 0 radical (unpaired) electrons. The highest BCUT2D eigenvalue weighted by atomic mass is 35.5. The molecule has 1 atom stereocenters. The first-order chi connectivity index (χ1) is 13.8. The number of carbonyl (C=O) groups excluding carboxylic acids is 1. The first-order valence-electron chi connectivity index (χ1n) is 9.57. The first-order valence-corrected chi connectivity index (χ1v) is 9.95. The fourth-order valence-electron chi connectivity index (χ4n) is 4.64. The number of fused-ring (bicyclic) bond motifs is 3.